The van der Waals surface area contributed by atoms with Crippen LogP contribution in [0.4, 0.5) is 0 Å². The Labute approximate surface area is 95.8 Å². The maximum Gasteiger partial charge on any atom is 0.333 e. The van der Waals surface area contributed by atoms with Crippen molar-refractivity contribution >= 4 is 28.9 Å². The molecule has 1 heterocycles. The van der Waals surface area contributed by atoms with Crippen molar-refractivity contribution in [3.8, 4) is 0 Å². The Balaban J connectivity index is 2.30. The molecular weight excluding hydrogens is 238 g/mol. The lowest BCUT2D eigenvalue weighted by Gasteiger charge is -2.20. The molecule has 0 radical (unpaired) electrons. The van der Waals surface area contributed by atoms with E-state index in [4.69, 9.17) is 21.4 Å². The number of methoxy groups -OCH3 is 1. The number of hydrogen-bond acceptors (Lipinski definition) is 4. The van der Waals surface area contributed by atoms with Crippen molar-refractivity contribution in [2.24, 2.45) is 0 Å². The second-order valence-corrected chi connectivity index (χ2v) is 5.20. The molecule has 1 aromatic heterocycles. The molecule has 4 nitrogen and oxygen atoms in total. The molecule has 0 aromatic carbocycles. The van der Waals surface area contributed by atoms with E-state index in [0.29, 0.717) is 4.47 Å². The van der Waals surface area contributed by atoms with Crippen LogP contribution in [0.2, 0.25) is 4.47 Å². The van der Waals surface area contributed by atoms with Crippen LogP contribution in [0.3, 0.4) is 0 Å². The monoisotopic (exact) mass is 247 g/mol. The zero-order valence-corrected chi connectivity index (χ0v) is 9.64. The molecule has 1 unspecified atom stereocenters. The average Bonchev–Trinajstić information content (AvgIpc) is 2.83. The summed E-state index contributed by atoms with van der Waals surface area (Å²) in [5.41, 5.74) is -0.397. The van der Waals surface area contributed by atoms with Crippen molar-refractivity contribution in [1.82, 2.24) is 4.98 Å². The van der Waals surface area contributed by atoms with E-state index in [2.05, 4.69) is 4.98 Å². The first-order valence-corrected chi connectivity index (χ1v) is 5.67. The van der Waals surface area contributed by atoms with Gasteiger partial charge in [0.15, 0.2) is 10.6 Å². The molecule has 1 saturated carbocycles. The topological polar surface area (TPSA) is 59.4 Å². The number of nitrogens with zero attached hydrogens (tertiary/aromatic N) is 1. The summed E-state index contributed by atoms with van der Waals surface area (Å²) >= 11 is 7.07. The number of carboxylic acids is 1. The second-order valence-electron chi connectivity index (χ2n) is 3.59. The molecule has 1 N–H and O–H groups in total. The number of halogens is 1. The number of aromatic nitrogens is 1. The average molecular weight is 248 g/mol. The minimum Gasteiger partial charge on any atom is -0.479 e. The molecule has 1 fully saturated rings. The van der Waals surface area contributed by atoms with Gasteiger partial charge in [0.05, 0.1) is 0 Å². The first kappa shape index (κ1) is 10.9. The van der Waals surface area contributed by atoms with Crippen LogP contribution in [0.15, 0.2) is 6.20 Å². The van der Waals surface area contributed by atoms with Gasteiger partial charge < -0.3 is 9.84 Å². The molecule has 0 bridgehead atoms. The van der Waals surface area contributed by atoms with Gasteiger partial charge in [-0.15, -0.1) is 11.3 Å². The van der Waals surface area contributed by atoms with Gasteiger partial charge in [-0.3, -0.25) is 0 Å². The molecular formula is C9H10ClNO3S. The fourth-order valence-electron chi connectivity index (χ4n) is 1.82. The number of rotatable bonds is 4. The number of thiazole rings is 1. The molecule has 1 atom stereocenters. The molecule has 0 spiro atoms. The van der Waals surface area contributed by atoms with Crippen LogP contribution in [-0.2, 0) is 14.9 Å². The van der Waals surface area contributed by atoms with Crippen LogP contribution in [0.5, 0.6) is 0 Å². The Morgan fingerprint density at radius 1 is 1.80 bits per heavy atom. The molecule has 82 valence electrons. The third kappa shape index (κ3) is 1.75. The quantitative estimate of drug-likeness (QED) is 0.883. The largest absolute Gasteiger partial charge is 0.479 e. The normalized spacial score (nSPS) is 19.9. The van der Waals surface area contributed by atoms with Crippen LogP contribution < -0.4 is 0 Å². The molecule has 0 saturated heterocycles. The maximum absolute atomic E-state index is 11.0. The Morgan fingerprint density at radius 2 is 2.47 bits per heavy atom. The molecule has 0 aliphatic heterocycles. The lowest BCUT2D eigenvalue weighted by molar-refractivity contribution is -0.150. The standard InChI is InChI=1S/C9H10ClNO3S/c1-14-6(7(12)13)9(2-3-9)5-4-11-8(10)15-5/h4,6H,2-3H2,1H3,(H,12,13). The van der Waals surface area contributed by atoms with Crippen LogP contribution in [0, 0.1) is 0 Å². The van der Waals surface area contributed by atoms with Gasteiger partial charge in [0.2, 0.25) is 0 Å². The van der Waals surface area contributed by atoms with Crippen molar-refractivity contribution in [2.45, 2.75) is 24.4 Å². The van der Waals surface area contributed by atoms with Gasteiger partial charge in [-0.2, -0.15) is 0 Å². The summed E-state index contributed by atoms with van der Waals surface area (Å²) < 4.78 is 5.48. The number of carbonyl (C=O) groups is 1. The Bertz CT molecular complexity index is 388. The number of hydrogen-bond donors (Lipinski definition) is 1. The zero-order chi connectivity index (χ0) is 11.1. The molecule has 0 amide bonds. The summed E-state index contributed by atoms with van der Waals surface area (Å²) in [6.07, 6.45) is 2.48. The molecule has 1 aromatic rings. The highest BCUT2D eigenvalue weighted by atomic mass is 35.5. The predicted octanol–water partition coefficient (Wildman–Crippen LogP) is 1.93. The van der Waals surface area contributed by atoms with E-state index in [9.17, 15) is 4.79 Å². The SMILES string of the molecule is COC(C(=O)O)C1(c2cnc(Cl)s2)CC1. The molecule has 6 heteroatoms. The highest BCUT2D eigenvalue weighted by Gasteiger charge is 2.55. The molecule has 15 heavy (non-hydrogen) atoms. The van der Waals surface area contributed by atoms with Gasteiger partial charge in [-0.1, -0.05) is 11.6 Å². The van der Waals surface area contributed by atoms with Crippen molar-refractivity contribution < 1.29 is 14.6 Å². The van der Waals surface area contributed by atoms with Crippen molar-refractivity contribution in [3.05, 3.63) is 15.5 Å². The molecule has 2 rings (SSSR count). The highest BCUT2D eigenvalue weighted by molar-refractivity contribution is 7.15. The van der Waals surface area contributed by atoms with Crippen LogP contribution in [0.25, 0.3) is 0 Å². The summed E-state index contributed by atoms with van der Waals surface area (Å²) in [6, 6.07) is 0. The minimum absolute atomic E-state index is 0.397. The summed E-state index contributed by atoms with van der Waals surface area (Å²) in [5.74, 6) is -0.931. The van der Waals surface area contributed by atoms with Gasteiger partial charge >= 0.3 is 5.97 Å². The predicted molar refractivity (Wildman–Crippen MR) is 56.5 cm³/mol. The first-order valence-electron chi connectivity index (χ1n) is 4.47. The van der Waals surface area contributed by atoms with E-state index < -0.39 is 17.5 Å². The number of ether oxygens (including phenoxy) is 1. The number of carboxylic acid groups (broad SMARTS) is 1. The fourth-order valence-corrected chi connectivity index (χ4v) is 3.02. The van der Waals surface area contributed by atoms with Gasteiger partial charge in [-0.25, -0.2) is 9.78 Å². The van der Waals surface area contributed by atoms with Crippen molar-refractivity contribution in [1.29, 1.82) is 0 Å². The molecule has 1 aliphatic rings. The summed E-state index contributed by atoms with van der Waals surface area (Å²) in [5, 5.41) is 9.04. The van der Waals surface area contributed by atoms with Crippen LogP contribution in [-0.4, -0.2) is 29.3 Å². The van der Waals surface area contributed by atoms with E-state index in [-0.39, 0.29) is 0 Å². The zero-order valence-electron chi connectivity index (χ0n) is 8.07. The summed E-state index contributed by atoms with van der Waals surface area (Å²) in [4.78, 5) is 15.9. The Morgan fingerprint density at radius 3 is 2.80 bits per heavy atom. The van der Waals surface area contributed by atoms with Gasteiger partial charge in [0.25, 0.3) is 0 Å². The van der Waals surface area contributed by atoms with E-state index in [1.54, 1.807) is 6.20 Å². The lowest BCUT2D eigenvalue weighted by atomic mass is 9.98. The van der Waals surface area contributed by atoms with Gasteiger partial charge in [0.1, 0.15) is 0 Å². The van der Waals surface area contributed by atoms with Crippen LogP contribution >= 0.6 is 22.9 Å². The Hall–Kier alpha value is -0.650. The molecule has 1 aliphatic carbocycles. The van der Waals surface area contributed by atoms with E-state index in [0.717, 1.165) is 17.7 Å². The van der Waals surface area contributed by atoms with Gasteiger partial charge in [0, 0.05) is 23.6 Å². The third-order valence-electron chi connectivity index (χ3n) is 2.72. The van der Waals surface area contributed by atoms with Crippen molar-refractivity contribution in [3.63, 3.8) is 0 Å². The first-order chi connectivity index (χ1) is 7.10. The van der Waals surface area contributed by atoms with Crippen molar-refractivity contribution in [2.75, 3.05) is 7.11 Å². The summed E-state index contributed by atoms with van der Waals surface area (Å²) in [7, 11) is 1.42. The van der Waals surface area contributed by atoms with E-state index >= 15 is 0 Å². The van der Waals surface area contributed by atoms with Gasteiger partial charge in [-0.05, 0) is 12.8 Å². The Kier molecular flexibility index (Phi) is 2.70. The van der Waals surface area contributed by atoms with E-state index in [1.165, 1.54) is 18.4 Å². The van der Waals surface area contributed by atoms with E-state index in [1.807, 2.05) is 0 Å². The minimum atomic E-state index is -0.931. The smallest absolute Gasteiger partial charge is 0.333 e. The third-order valence-corrected chi connectivity index (χ3v) is 4.05. The lowest BCUT2D eigenvalue weighted by Crippen LogP contribution is -2.35. The summed E-state index contributed by atoms with van der Waals surface area (Å²) in [6.45, 7) is 0. The highest BCUT2D eigenvalue weighted by Crippen LogP contribution is 2.54. The van der Waals surface area contributed by atoms with Crippen LogP contribution in [0.1, 0.15) is 17.7 Å². The fraction of sp³-hybridized carbons (Fsp3) is 0.556. The maximum atomic E-state index is 11.0. The second kappa shape index (κ2) is 3.73. The number of aliphatic carboxylic acids is 1.